The Labute approximate surface area is 153 Å². The molecule has 2 rings (SSSR count). The molecule has 0 aromatic heterocycles. The van der Waals surface area contributed by atoms with Gasteiger partial charge in [0.2, 0.25) is 0 Å². The molecule has 0 saturated carbocycles. The minimum absolute atomic E-state index is 0.0190. The maximum Gasteiger partial charge on any atom is 0.312 e. The van der Waals surface area contributed by atoms with E-state index < -0.39 is 4.92 Å². The van der Waals surface area contributed by atoms with Gasteiger partial charge in [-0.15, -0.1) is 0 Å². The Hall–Kier alpha value is -2.89. The minimum atomic E-state index is -0.458. The molecule has 0 aliphatic carbocycles. The van der Waals surface area contributed by atoms with Crippen LogP contribution in [0, 0.1) is 17.0 Å². The van der Waals surface area contributed by atoms with Crippen molar-refractivity contribution in [2.45, 2.75) is 39.5 Å². The van der Waals surface area contributed by atoms with Crippen LogP contribution in [0.3, 0.4) is 0 Å². The van der Waals surface area contributed by atoms with Crippen LogP contribution >= 0.6 is 0 Å². The number of nitrogens with zero attached hydrogens (tertiary/aromatic N) is 1. The topological polar surface area (TPSA) is 81.5 Å². The fourth-order valence-electron chi connectivity index (χ4n) is 2.49. The lowest BCUT2D eigenvalue weighted by Crippen LogP contribution is -2.15. The average molecular weight is 356 g/mol. The van der Waals surface area contributed by atoms with Crippen LogP contribution in [-0.4, -0.2) is 17.4 Å². The van der Waals surface area contributed by atoms with Crippen molar-refractivity contribution in [3.8, 4) is 5.75 Å². The molecule has 0 unspecified atom stereocenters. The Morgan fingerprint density at radius 1 is 1.19 bits per heavy atom. The number of para-hydroxylation sites is 2. The van der Waals surface area contributed by atoms with Crippen molar-refractivity contribution < 1.29 is 14.5 Å². The number of hydrogen-bond acceptors (Lipinski definition) is 5. The van der Waals surface area contributed by atoms with Crippen LogP contribution in [0.5, 0.6) is 5.75 Å². The van der Waals surface area contributed by atoms with Gasteiger partial charge in [0.15, 0.2) is 0 Å². The zero-order valence-corrected chi connectivity index (χ0v) is 15.5. The summed E-state index contributed by atoms with van der Waals surface area (Å²) in [6.07, 6.45) is 0.104. The van der Waals surface area contributed by atoms with Gasteiger partial charge in [0, 0.05) is 12.6 Å². The lowest BCUT2D eigenvalue weighted by atomic mass is 9.86. The molecule has 26 heavy (non-hydrogen) atoms. The van der Waals surface area contributed by atoms with Gasteiger partial charge in [-0.1, -0.05) is 45.0 Å². The number of nitro groups is 1. The number of nitrogens with one attached hydrogen (secondary N) is 1. The summed E-state index contributed by atoms with van der Waals surface area (Å²) in [7, 11) is 0. The Bertz CT molecular complexity index is 810. The van der Waals surface area contributed by atoms with Crippen molar-refractivity contribution in [1.82, 2.24) is 0 Å². The molecule has 0 fully saturated rings. The molecule has 2 aromatic rings. The number of ether oxygens (including phenoxy) is 1. The van der Waals surface area contributed by atoms with Crippen LogP contribution in [0.1, 0.15) is 38.3 Å². The maximum absolute atomic E-state index is 12.1. The number of benzene rings is 2. The summed E-state index contributed by atoms with van der Waals surface area (Å²) in [5, 5.41) is 13.9. The van der Waals surface area contributed by atoms with E-state index in [4.69, 9.17) is 4.74 Å². The Morgan fingerprint density at radius 2 is 1.88 bits per heavy atom. The van der Waals surface area contributed by atoms with Crippen LogP contribution in [0.25, 0.3) is 0 Å². The normalized spacial score (nSPS) is 11.1. The van der Waals surface area contributed by atoms with Gasteiger partial charge < -0.3 is 10.1 Å². The zero-order chi connectivity index (χ0) is 19.3. The van der Waals surface area contributed by atoms with Crippen LogP contribution in [-0.2, 0) is 10.2 Å². The van der Waals surface area contributed by atoms with E-state index in [1.54, 1.807) is 18.2 Å². The van der Waals surface area contributed by atoms with Gasteiger partial charge in [0.05, 0.1) is 11.3 Å². The molecule has 0 saturated heterocycles. The number of carbonyl (C=O) groups excluding carboxylic acids is 1. The first-order chi connectivity index (χ1) is 12.2. The molecule has 0 atom stereocenters. The summed E-state index contributed by atoms with van der Waals surface area (Å²) in [5.74, 6) is 0.149. The fraction of sp³-hybridized carbons (Fsp3) is 0.350. The smallest absolute Gasteiger partial charge is 0.312 e. The number of aryl methyl sites for hydroxylation is 1. The highest BCUT2D eigenvalue weighted by Gasteiger charge is 2.16. The summed E-state index contributed by atoms with van der Waals surface area (Å²) in [6, 6.07) is 12.1. The van der Waals surface area contributed by atoms with Gasteiger partial charge in [-0.2, -0.15) is 0 Å². The third-order valence-electron chi connectivity index (χ3n) is 4.01. The molecule has 0 bridgehead atoms. The quantitative estimate of drug-likeness (QED) is 0.354. The van der Waals surface area contributed by atoms with Gasteiger partial charge in [0.1, 0.15) is 11.4 Å². The standard InChI is InChI=1S/C20H24N2O4/c1-14-13-15(20(2,3)4)9-10-18(14)26-19(23)11-12-21-16-7-5-6-8-17(16)22(24)25/h5-10,13,21H,11-12H2,1-4H3. The molecule has 0 aliphatic rings. The van der Waals surface area contributed by atoms with Crippen molar-refractivity contribution in [2.24, 2.45) is 0 Å². The summed E-state index contributed by atoms with van der Waals surface area (Å²) in [4.78, 5) is 22.6. The third kappa shape index (κ3) is 5.05. The van der Waals surface area contributed by atoms with Crippen molar-refractivity contribution in [1.29, 1.82) is 0 Å². The van der Waals surface area contributed by atoms with E-state index in [0.29, 0.717) is 11.4 Å². The molecule has 0 spiro atoms. The average Bonchev–Trinajstić information content (AvgIpc) is 2.56. The highest BCUT2D eigenvalue weighted by Crippen LogP contribution is 2.28. The predicted molar refractivity (Wildman–Crippen MR) is 102 cm³/mol. The van der Waals surface area contributed by atoms with E-state index in [9.17, 15) is 14.9 Å². The van der Waals surface area contributed by atoms with Crippen molar-refractivity contribution in [3.05, 3.63) is 63.7 Å². The number of esters is 1. The molecule has 1 N–H and O–H groups in total. The van der Waals surface area contributed by atoms with E-state index in [1.807, 2.05) is 25.1 Å². The van der Waals surface area contributed by atoms with Crippen LogP contribution in [0.2, 0.25) is 0 Å². The molecular formula is C20H24N2O4. The maximum atomic E-state index is 12.1. The van der Waals surface area contributed by atoms with Crippen molar-refractivity contribution in [3.63, 3.8) is 0 Å². The van der Waals surface area contributed by atoms with Crippen molar-refractivity contribution >= 4 is 17.3 Å². The molecule has 138 valence electrons. The van der Waals surface area contributed by atoms with Crippen LogP contribution in [0.15, 0.2) is 42.5 Å². The van der Waals surface area contributed by atoms with Gasteiger partial charge in [0.25, 0.3) is 5.69 Å². The van der Waals surface area contributed by atoms with Crippen LogP contribution < -0.4 is 10.1 Å². The van der Waals surface area contributed by atoms with Gasteiger partial charge >= 0.3 is 5.97 Å². The number of carbonyl (C=O) groups is 1. The predicted octanol–water partition coefficient (Wildman–Crippen LogP) is 4.61. The second kappa shape index (κ2) is 7.99. The lowest BCUT2D eigenvalue weighted by Gasteiger charge is -2.20. The highest BCUT2D eigenvalue weighted by molar-refractivity contribution is 5.73. The Morgan fingerprint density at radius 3 is 2.50 bits per heavy atom. The number of hydrogen-bond donors (Lipinski definition) is 1. The first kappa shape index (κ1) is 19.4. The van der Waals surface area contributed by atoms with Gasteiger partial charge in [-0.25, -0.2) is 0 Å². The SMILES string of the molecule is Cc1cc(C(C)(C)C)ccc1OC(=O)CCNc1ccccc1[N+](=O)[O-]. The first-order valence-corrected chi connectivity index (χ1v) is 8.47. The Kier molecular flexibility index (Phi) is 5.97. The molecule has 2 aromatic carbocycles. The van der Waals surface area contributed by atoms with Gasteiger partial charge in [-0.3, -0.25) is 14.9 Å². The summed E-state index contributed by atoms with van der Waals surface area (Å²) in [6.45, 7) is 8.54. The molecule has 6 heteroatoms. The largest absolute Gasteiger partial charge is 0.426 e. The highest BCUT2D eigenvalue weighted by atomic mass is 16.6. The monoisotopic (exact) mass is 356 g/mol. The van der Waals surface area contributed by atoms with E-state index in [2.05, 4.69) is 26.1 Å². The van der Waals surface area contributed by atoms with E-state index >= 15 is 0 Å². The minimum Gasteiger partial charge on any atom is -0.426 e. The zero-order valence-electron chi connectivity index (χ0n) is 15.5. The van der Waals surface area contributed by atoms with E-state index in [0.717, 1.165) is 5.56 Å². The molecular weight excluding hydrogens is 332 g/mol. The Balaban J connectivity index is 1.93. The number of anilines is 1. The van der Waals surface area contributed by atoms with Gasteiger partial charge in [-0.05, 0) is 35.6 Å². The molecule has 0 radical (unpaired) electrons. The third-order valence-corrected chi connectivity index (χ3v) is 4.01. The van der Waals surface area contributed by atoms with E-state index in [1.165, 1.54) is 11.6 Å². The molecule has 0 amide bonds. The lowest BCUT2D eigenvalue weighted by molar-refractivity contribution is -0.384. The van der Waals surface area contributed by atoms with Crippen LogP contribution in [0.4, 0.5) is 11.4 Å². The second-order valence-electron chi connectivity index (χ2n) is 7.16. The van der Waals surface area contributed by atoms with E-state index in [-0.39, 0.29) is 30.0 Å². The number of rotatable bonds is 6. The molecule has 0 heterocycles. The van der Waals surface area contributed by atoms with Crippen molar-refractivity contribution in [2.75, 3.05) is 11.9 Å². The molecule has 0 aliphatic heterocycles. The first-order valence-electron chi connectivity index (χ1n) is 8.47. The fourth-order valence-corrected chi connectivity index (χ4v) is 2.49. The summed E-state index contributed by atoms with van der Waals surface area (Å²) >= 11 is 0. The molecule has 6 nitrogen and oxygen atoms in total. The summed E-state index contributed by atoms with van der Waals surface area (Å²) < 4.78 is 5.42. The number of nitro benzene ring substituents is 1. The summed E-state index contributed by atoms with van der Waals surface area (Å²) in [5.41, 5.74) is 2.47. The second-order valence-corrected chi connectivity index (χ2v) is 7.16.